The lowest BCUT2D eigenvalue weighted by Crippen LogP contribution is -2.54. The number of rotatable bonds is 4. The van der Waals surface area contributed by atoms with Crippen molar-refractivity contribution >= 4 is 36.4 Å². The number of halogens is 2. The minimum Gasteiger partial charge on any atom is -0.381 e. The molecule has 25 heavy (non-hydrogen) atoms. The molecule has 1 saturated heterocycles. The fourth-order valence-electron chi connectivity index (χ4n) is 2.66. The van der Waals surface area contributed by atoms with Crippen LogP contribution in [-0.2, 0) is 16.0 Å². The summed E-state index contributed by atoms with van der Waals surface area (Å²) in [6, 6.07) is 11.9. The Labute approximate surface area is 160 Å². The van der Waals surface area contributed by atoms with Crippen LogP contribution in [0.4, 0.5) is 5.69 Å². The van der Waals surface area contributed by atoms with Crippen molar-refractivity contribution in [1.29, 1.82) is 0 Å². The van der Waals surface area contributed by atoms with Crippen LogP contribution in [0.5, 0.6) is 0 Å². The molecule has 3 rings (SSSR count). The van der Waals surface area contributed by atoms with Crippen LogP contribution in [0.2, 0.25) is 0 Å². The summed E-state index contributed by atoms with van der Waals surface area (Å²) in [6.45, 7) is 1.07. The van der Waals surface area contributed by atoms with Crippen LogP contribution >= 0.6 is 24.8 Å². The van der Waals surface area contributed by atoms with Crippen molar-refractivity contribution in [2.75, 3.05) is 18.5 Å². The number of nitrogens with two attached hydrogens (primary N) is 1. The lowest BCUT2D eigenvalue weighted by molar-refractivity contribution is -0.124. The topological polar surface area (TPSA) is 77.2 Å². The molecule has 0 aliphatic carbocycles. The van der Waals surface area contributed by atoms with Crippen LogP contribution in [0.25, 0.3) is 0 Å². The van der Waals surface area contributed by atoms with Crippen molar-refractivity contribution in [2.45, 2.75) is 24.8 Å². The zero-order valence-corrected chi connectivity index (χ0v) is 15.4. The number of anilines is 1. The Balaban J connectivity index is 0.00000156. The average Bonchev–Trinajstić information content (AvgIpc) is 2.58. The number of aromatic nitrogens is 1. The van der Waals surface area contributed by atoms with Gasteiger partial charge in [0.05, 0.1) is 0 Å². The number of nitrogens with zero attached hydrogens (tertiary/aromatic N) is 1. The molecule has 0 saturated carbocycles. The van der Waals surface area contributed by atoms with Crippen molar-refractivity contribution < 1.29 is 9.53 Å². The van der Waals surface area contributed by atoms with Gasteiger partial charge in [0.2, 0.25) is 5.91 Å². The second-order valence-electron chi connectivity index (χ2n) is 5.95. The Morgan fingerprint density at radius 2 is 1.60 bits per heavy atom. The van der Waals surface area contributed by atoms with Crippen LogP contribution in [0, 0.1) is 0 Å². The van der Waals surface area contributed by atoms with Gasteiger partial charge in [-0.1, -0.05) is 12.1 Å². The summed E-state index contributed by atoms with van der Waals surface area (Å²) in [5.41, 5.74) is 8.52. The number of carbonyl (C=O) groups is 1. The number of benzene rings is 1. The molecule has 2 heterocycles. The van der Waals surface area contributed by atoms with Gasteiger partial charge in [-0.15, -0.1) is 24.8 Å². The first-order valence-corrected chi connectivity index (χ1v) is 7.82. The molecule has 1 aliphatic rings. The largest absolute Gasteiger partial charge is 0.381 e. The van der Waals surface area contributed by atoms with E-state index in [4.69, 9.17) is 10.5 Å². The quantitative estimate of drug-likeness (QED) is 0.850. The van der Waals surface area contributed by atoms with E-state index in [-0.39, 0.29) is 30.7 Å². The second kappa shape index (κ2) is 9.73. The molecule has 0 unspecified atom stereocenters. The van der Waals surface area contributed by atoms with E-state index in [2.05, 4.69) is 10.3 Å². The molecule has 1 fully saturated rings. The molecule has 0 radical (unpaired) electrons. The van der Waals surface area contributed by atoms with Gasteiger partial charge >= 0.3 is 0 Å². The molecule has 3 N–H and O–H groups in total. The zero-order valence-electron chi connectivity index (χ0n) is 13.8. The van der Waals surface area contributed by atoms with Crippen LogP contribution in [-0.4, -0.2) is 29.6 Å². The van der Waals surface area contributed by atoms with Crippen molar-refractivity contribution in [3.63, 3.8) is 0 Å². The molecular weight excluding hydrogens is 361 g/mol. The third kappa shape index (κ3) is 5.68. The molecular formula is C18H23Cl2N3O2. The van der Waals surface area contributed by atoms with Crippen molar-refractivity contribution in [3.8, 4) is 0 Å². The predicted octanol–water partition coefficient (Wildman–Crippen LogP) is 2.96. The molecule has 2 aromatic rings. The summed E-state index contributed by atoms with van der Waals surface area (Å²) in [5.74, 6) is -0.136. The lowest BCUT2D eigenvalue weighted by Gasteiger charge is -2.31. The van der Waals surface area contributed by atoms with E-state index < -0.39 is 5.54 Å². The van der Waals surface area contributed by atoms with Gasteiger partial charge in [-0.25, -0.2) is 0 Å². The number of pyridine rings is 1. The van der Waals surface area contributed by atoms with Crippen molar-refractivity contribution in [3.05, 3.63) is 59.9 Å². The number of ether oxygens (including phenoxy) is 1. The van der Waals surface area contributed by atoms with E-state index in [0.29, 0.717) is 26.1 Å². The number of hydrogen-bond donors (Lipinski definition) is 2. The highest BCUT2D eigenvalue weighted by Gasteiger charge is 2.35. The lowest BCUT2D eigenvalue weighted by atomic mass is 9.90. The number of amides is 1. The molecule has 0 atom stereocenters. The van der Waals surface area contributed by atoms with Gasteiger partial charge in [-0.3, -0.25) is 9.78 Å². The highest BCUT2D eigenvalue weighted by molar-refractivity contribution is 5.98. The van der Waals surface area contributed by atoms with Gasteiger partial charge in [-0.05, 0) is 54.7 Å². The molecule has 7 heteroatoms. The first-order chi connectivity index (χ1) is 11.2. The van der Waals surface area contributed by atoms with E-state index in [1.54, 1.807) is 12.4 Å². The van der Waals surface area contributed by atoms with E-state index >= 15 is 0 Å². The molecule has 136 valence electrons. The summed E-state index contributed by atoms with van der Waals surface area (Å²) in [5, 5.41) is 2.91. The summed E-state index contributed by atoms with van der Waals surface area (Å²) in [6.07, 6.45) is 5.53. The van der Waals surface area contributed by atoms with Crippen molar-refractivity contribution in [1.82, 2.24) is 4.98 Å². The van der Waals surface area contributed by atoms with Crippen LogP contribution in [0.15, 0.2) is 48.8 Å². The third-order valence-electron chi connectivity index (χ3n) is 4.21. The molecule has 1 amide bonds. The maximum Gasteiger partial charge on any atom is 0.244 e. The Morgan fingerprint density at radius 1 is 1.04 bits per heavy atom. The Kier molecular flexibility index (Phi) is 8.32. The predicted molar refractivity (Wildman–Crippen MR) is 104 cm³/mol. The number of carbonyl (C=O) groups excluding carboxylic acids is 1. The van der Waals surface area contributed by atoms with Crippen LogP contribution in [0.1, 0.15) is 24.0 Å². The van der Waals surface area contributed by atoms with E-state index in [0.717, 1.165) is 12.1 Å². The third-order valence-corrected chi connectivity index (χ3v) is 4.21. The summed E-state index contributed by atoms with van der Waals surface area (Å²) in [4.78, 5) is 16.4. The molecule has 1 aliphatic heterocycles. The summed E-state index contributed by atoms with van der Waals surface area (Å²) in [7, 11) is 0. The van der Waals surface area contributed by atoms with Gasteiger partial charge in [0, 0.05) is 31.3 Å². The zero-order chi connectivity index (χ0) is 16.1. The normalized spacial score (nSPS) is 15.4. The fraction of sp³-hybridized carbons (Fsp3) is 0.333. The number of nitrogens with one attached hydrogen (secondary N) is 1. The molecule has 1 aromatic carbocycles. The Morgan fingerprint density at radius 3 is 2.20 bits per heavy atom. The second-order valence-corrected chi connectivity index (χ2v) is 5.95. The highest BCUT2D eigenvalue weighted by atomic mass is 35.5. The van der Waals surface area contributed by atoms with E-state index in [9.17, 15) is 4.79 Å². The molecule has 1 aromatic heterocycles. The van der Waals surface area contributed by atoms with Gasteiger partial charge in [0.25, 0.3) is 0 Å². The van der Waals surface area contributed by atoms with Crippen molar-refractivity contribution in [2.24, 2.45) is 5.73 Å². The van der Waals surface area contributed by atoms with E-state index in [1.807, 2.05) is 36.4 Å². The van der Waals surface area contributed by atoms with Gasteiger partial charge in [0.1, 0.15) is 5.54 Å². The first kappa shape index (κ1) is 21.4. The van der Waals surface area contributed by atoms with Gasteiger partial charge < -0.3 is 15.8 Å². The number of hydrogen-bond acceptors (Lipinski definition) is 4. The highest BCUT2D eigenvalue weighted by Crippen LogP contribution is 2.21. The average molecular weight is 384 g/mol. The molecule has 0 spiro atoms. The standard InChI is InChI=1S/C18H21N3O2.2ClH/c19-18(7-11-23-12-8-18)17(22)21-16-3-1-14(2-4-16)13-15-5-9-20-10-6-15;;/h1-6,9-10H,7-8,11-13,19H2,(H,21,22);2*1H. The monoisotopic (exact) mass is 383 g/mol. The minimum absolute atomic E-state index is 0. The smallest absolute Gasteiger partial charge is 0.244 e. The Hall–Kier alpha value is -1.66. The van der Waals surface area contributed by atoms with Gasteiger partial charge in [-0.2, -0.15) is 0 Å². The molecule has 0 bridgehead atoms. The first-order valence-electron chi connectivity index (χ1n) is 7.82. The minimum atomic E-state index is -0.825. The summed E-state index contributed by atoms with van der Waals surface area (Å²) >= 11 is 0. The molecule has 5 nitrogen and oxygen atoms in total. The SMILES string of the molecule is Cl.Cl.NC1(C(=O)Nc2ccc(Cc3ccncc3)cc2)CCOCC1. The summed E-state index contributed by atoms with van der Waals surface area (Å²) < 4.78 is 5.27. The Bertz CT molecular complexity index is 660. The van der Waals surface area contributed by atoms with Crippen LogP contribution < -0.4 is 11.1 Å². The van der Waals surface area contributed by atoms with Gasteiger partial charge in [0.15, 0.2) is 0 Å². The van der Waals surface area contributed by atoms with E-state index in [1.165, 1.54) is 11.1 Å². The maximum absolute atomic E-state index is 12.4. The van der Waals surface area contributed by atoms with Crippen LogP contribution in [0.3, 0.4) is 0 Å². The maximum atomic E-state index is 12.4. The fourth-order valence-corrected chi connectivity index (χ4v) is 2.66.